The average Bonchev–Trinajstić information content (AvgIpc) is 2.71. The molecular weight excluding hydrogens is 368 g/mol. The summed E-state index contributed by atoms with van der Waals surface area (Å²) >= 11 is 0. The molecule has 2 aromatic rings. The van der Waals surface area contributed by atoms with Gasteiger partial charge in [-0.25, -0.2) is 4.79 Å². The van der Waals surface area contributed by atoms with Crippen LogP contribution in [0.25, 0.3) is 0 Å². The molecule has 0 atom stereocenters. The Morgan fingerprint density at radius 2 is 1.48 bits per heavy atom. The van der Waals surface area contributed by atoms with Crippen molar-refractivity contribution in [1.29, 1.82) is 0 Å². The fraction of sp³-hybridized carbons (Fsp3) is 0.435. The number of benzene rings is 2. The highest BCUT2D eigenvalue weighted by Gasteiger charge is 2.16. The zero-order valence-corrected chi connectivity index (χ0v) is 17.6. The molecule has 0 aliphatic heterocycles. The second-order valence-corrected chi connectivity index (χ2v) is 6.42. The third-order valence-corrected chi connectivity index (χ3v) is 4.19. The molecule has 2 N–H and O–H groups in total. The van der Waals surface area contributed by atoms with E-state index in [1.165, 1.54) is 5.56 Å². The largest absolute Gasteiger partial charge is 0.490 e. The van der Waals surface area contributed by atoms with Crippen LogP contribution in [0.4, 0.5) is 10.5 Å². The van der Waals surface area contributed by atoms with Crippen molar-refractivity contribution in [3.63, 3.8) is 0 Å². The summed E-state index contributed by atoms with van der Waals surface area (Å²) in [5.74, 6) is 1.67. The van der Waals surface area contributed by atoms with Crippen molar-refractivity contribution in [1.82, 2.24) is 5.32 Å². The zero-order valence-electron chi connectivity index (χ0n) is 17.6. The summed E-state index contributed by atoms with van der Waals surface area (Å²) in [5.41, 5.74) is 1.92. The Bertz CT molecular complexity index is 723. The van der Waals surface area contributed by atoms with E-state index in [2.05, 4.69) is 22.8 Å². The van der Waals surface area contributed by atoms with Crippen LogP contribution < -0.4 is 24.8 Å². The second kappa shape index (κ2) is 12.5. The minimum atomic E-state index is -0.251. The van der Waals surface area contributed by atoms with E-state index < -0.39 is 0 Å². The quantitative estimate of drug-likeness (QED) is 0.491. The molecule has 158 valence electrons. The lowest BCUT2D eigenvalue weighted by Gasteiger charge is -2.17. The van der Waals surface area contributed by atoms with E-state index in [1.54, 1.807) is 12.1 Å². The number of urea groups is 1. The third kappa shape index (κ3) is 7.56. The number of ether oxygens (including phenoxy) is 3. The summed E-state index contributed by atoms with van der Waals surface area (Å²) in [4.78, 5) is 12.3. The van der Waals surface area contributed by atoms with Crippen molar-refractivity contribution >= 4 is 11.7 Å². The molecular formula is C23H32N2O4. The molecule has 2 aromatic carbocycles. The van der Waals surface area contributed by atoms with Crippen LogP contribution in [0.5, 0.6) is 17.2 Å². The molecule has 0 unspecified atom stereocenters. The normalized spacial score (nSPS) is 10.3. The molecule has 6 heteroatoms. The van der Waals surface area contributed by atoms with Gasteiger partial charge >= 0.3 is 6.03 Å². The molecule has 0 aliphatic rings. The molecule has 2 rings (SSSR count). The van der Waals surface area contributed by atoms with Gasteiger partial charge in [-0.15, -0.1) is 0 Å². The highest BCUT2D eigenvalue weighted by molar-refractivity contribution is 5.90. The van der Waals surface area contributed by atoms with E-state index in [1.807, 2.05) is 39.0 Å². The van der Waals surface area contributed by atoms with Crippen LogP contribution in [0.15, 0.2) is 42.5 Å². The van der Waals surface area contributed by atoms with E-state index in [-0.39, 0.29) is 6.03 Å². The van der Waals surface area contributed by atoms with E-state index in [0.29, 0.717) is 49.3 Å². The first-order chi connectivity index (χ1) is 14.2. The summed E-state index contributed by atoms with van der Waals surface area (Å²) in [6, 6.07) is 13.6. The molecule has 2 amide bonds. The van der Waals surface area contributed by atoms with Crippen molar-refractivity contribution in [3.8, 4) is 17.2 Å². The van der Waals surface area contributed by atoms with Crippen molar-refractivity contribution < 1.29 is 19.0 Å². The molecule has 0 spiro atoms. The molecule has 0 fully saturated rings. The minimum Gasteiger partial charge on any atom is -0.490 e. The number of nitrogens with one attached hydrogen (secondary N) is 2. The average molecular weight is 401 g/mol. The Balaban J connectivity index is 1.89. The summed E-state index contributed by atoms with van der Waals surface area (Å²) < 4.78 is 17.0. The van der Waals surface area contributed by atoms with Crippen LogP contribution in [-0.4, -0.2) is 32.4 Å². The molecule has 0 heterocycles. The van der Waals surface area contributed by atoms with Gasteiger partial charge in [0, 0.05) is 18.7 Å². The maximum atomic E-state index is 12.3. The molecule has 0 saturated carbocycles. The Morgan fingerprint density at radius 1 is 0.862 bits per heavy atom. The number of carbonyl (C=O) groups is 1. The summed E-state index contributed by atoms with van der Waals surface area (Å²) in [6.45, 7) is 7.80. The van der Waals surface area contributed by atoms with Crippen molar-refractivity contribution in [2.75, 3.05) is 31.7 Å². The first kappa shape index (κ1) is 22.4. The van der Waals surface area contributed by atoms with Crippen molar-refractivity contribution in [2.45, 2.75) is 40.0 Å². The van der Waals surface area contributed by atoms with Crippen LogP contribution in [-0.2, 0) is 6.42 Å². The molecule has 29 heavy (non-hydrogen) atoms. The van der Waals surface area contributed by atoms with Gasteiger partial charge in [0.15, 0.2) is 11.5 Å². The maximum Gasteiger partial charge on any atom is 0.319 e. The summed E-state index contributed by atoms with van der Waals surface area (Å²) in [5, 5.41) is 5.75. The number of amides is 2. The summed E-state index contributed by atoms with van der Waals surface area (Å²) in [6.07, 6.45) is 2.95. The van der Waals surface area contributed by atoms with Gasteiger partial charge < -0.3 is 24.8 Å². The van der Waals surface area contributed by atoms with Crippen LogP contribution in [0, 0.1) is 0 Å². The molecule has 0 saturated heterocycles. The highest BCUT2D eigenvalue weighted by Crippen LogP contribution is 2.40. The molecule has 6 nitrogen and oxygen atoms in total. The standard InChI is InChI=1S/C23H32N2O4/c1-4-27-20-16-19(17-21(28-5-2)22(20)29-6-3)25-23(26)24-15-11-10-14-18-12-8-7-9-13-18/h7-9,12-13,16-17H,4-6,10-11,14-15H2,1-3H3,(H2,24,25,26). The lowest BCUT2D eigenvalue weighted by atomic mass is 10.1. The van der Waals surface area contributed by atoms with Gasteiger partial charge in [-0.1, -0.05) is 30.3 Å². The number of hydrogen-bond acceptors (Lipinski definition) is 4. The van der Waals surface area contributed by atoms with Gasteiger partial charge in [0.05, 0.1) is 25.5 Å². The molecule has 0 aromatic heterocycles. The Morgan fingerprint density at radius 3 is 2.07 bits per heavy atom. The first-order valence-electron chi connectivity index (χ1n) is 10.3. The first-order valence-corrected chi connectivity index (χ1v) is 10.3. The molecule has 0 bridgehead atoms. The van der Waals surface area contributed by atoms with E-state index in [0.717, 1.165) is 19.3 Å². The highest BCUT2D eigenvalue weighted by atomic mass is 16.5. The summed E-state index contributed by atoms with van der Waals surface area (Å²) in [7, 11) is 0. The van der Waals surface area contributed by atoms with Gasteiger partial charge in [-0.05, 0) is 45.6 Å². The van der Waals surface area contributed by atoms with Crippen LogP contribution in [0.3, 0.4) is 0 Å². The lowest BCUT2D eigenvalue weighted by molar-refractivity contribution is 0.251. The van der Waals surface area contributed by atoms with Crippen LogP contribution in [0.1, 0.15) is 39.2 Å². The predicted molar refractivity (Wildman–Crippen MR) is 116 cm³/mol. The van der Waals surface area contributed by atoms with Gasteiger partial charge in [-0.2, -0.15) is 0 Å². The topological polar surface area (TPSA) is 68.8 Å². The monoisotopic (exact) mass is 400 g/mol. The Labute approximate surface area is 173 Å². The smallest absolute Gasteiger partial charge is 0.319 e. The minimum absolute atomic E-state index is 0.251. The number of aryl methyl sites for hydroxylation is 1. The number of anilines is 1. The number of unbranched alkanes of at least 4 members (excludes halogenated alkanes) is 1. The van der Waals surface area contributed by atoms with Gasteiger partial charge in [0.25, 0.3) is 0 Å². The van der Waals surface area contributed by atoms with Gasteiger partial charge in [0.2, 0.25) is 5.75 Å². The second-order valence-electron chi connectivity index (χ2n) is 6.42. The van der Waals surface area contributed by atoms with Gasteiger partial charge in [-0.3, -0.25) is 0 Å². The van der Waals surface area contributed by atoms with Gasteiger partial charge in [0.1, 0.15) is 0 Å². The lowest BCUT2D eigenvalue weighted by Crippen LogP contribution is -2.29. The van der Waals surface area contributed by atoms with E-state index >= 15 is 0 Å². The van der Waals surface area contributed by atoms with Crippen LogP contribution in [0.2, 0.25) is 0 Å². The zero-order chi connectivity index (χ0) is 20.9. The predicted octanol–water partition coefficient (Wildman–Crippen LogP) is 5.03. The van der Waals surface area contributed by atoms with E-state index in [9.17, 15) is 4.79 Å². The number of rotatable bonds is 12. The van der Waals surface area contributed by atoms with Crippen molar-refractivity contribution in [3.05, 3.63) is 48.0 Å². The number of hydrogen-bond donors (Lipinski definition) is 2. The van der Waals surface area contributed by atoms with Crippen LogP contribution >= 0.6 is 0 Å². The SMILES string of the molecule is CCOc1cc(NC(=O)NCCCCc2ccccc2)cc(OCC)c1OCC. The van der Waals surface area contributed by atoms with E-state index in [4.69, 9.17) is 14.2 Å². The Kier molecular flexibility index (Phi) is 9.69. The maximum absolute atomic E-state index is 12.3. The Hall–Kier alpha value is -2.89. The fourth-order valence-corrected chi connectivity index (χ4v) is 2.94. The molecule has 0 radical (unpaired) electrons. The van der Waals surface area contributed by atoms with Crippen molar-refractivity contribution in [2.24, 2.45) is 0 Å². The molecule has 0 aliphatic carbocycles. The fourth-order valence-electron chi connectivity index (χ4n) is 2.94. The third-order valence-electron chi connectivity index (χ3n) is 4.19. The number of carbonyl (C=O) groups excluding carboxylic acids is 1.